The molecule has 1 heterocycles. The lowest BCUT2D eigenvalue weighted by atomic mass is 9.92. The number of benzene rings is 2. The molecule has 2 N–H and O–H groups in total. The largest absolute Gasteiger partial charge is 0.344 e. The highest BCUT2D eigenvalue weighted by Crippen LogP contribution is 2.30. The first kappa shape index (κ1) is 22.8. The van der Waals surface area contributed by atoms with Crippen LogP contribution in [0.15, 0.2) is 60.7 Å². The van der Waals surface area contributed by atoms with E-state index in [-0.39, 0.29) is 23.1 Å². The van der Waals surface area contributed by atoms with Crippen molar-refractivity contribution in [2.45, 2.75) is 58.4 Å². The van der Waals surface area contributed by atoms with E-state index in [9.17, 15) is 9.59 Å². The van der Waals surface area contributed by atoms with Crippen LogP contribution in [0.25, 0.3) is 5.69 Å². The van der Waals surface area contributed by atoms with E-state index in [0.29, 0.717) is 12.2 Å². The van der Waals surface area contributed by atoms with Gasteiger partial charge in [0.1, 0.15) is 11.9 Å². The van der Waals surface area contributed by atoms with Crippen LogP contribution in [-0.4, -0.2) is 27.6 Å². The average Bonchev–Trinajstić information content (AvgIpc) is 3.54. The van der Waals surface area contributed by atoms with Crippen LogP contribution in [0.1, 0.15) is 50.4 Å². The summed E-state index contributed by atoms with van der Waals surface area (Å²) in [6, 6.07) is 19.0. The molecule has 1 atom stereocenters. The Morgan fingerprint density at radius 2 is 1.73 bits per heavy atom. The maximum absolute atomic E-state index is 13.5. The van der Waals surface area contributed by atoms with Crippen molar-refractivity contribution in [1.29, 1.82) is 0 Å². The number of hydrogen-bond donors (Lipinski definition) is 2. The highest BCUT2D eigenvalue weighted by molar-refractivity contribution is 5.97. The number of hydrogen-bond acceptors (Lipinski definition) is 3. The molecule has 6 nitrogen and oxygen atoms in total. The van der Waals surface area contributed by atoms with E-state index < -0.39 is 6.04 Å². The Kier molecular flexibility index (Phi) is 6.36. The number of para-hydroxylation sites is 1. The molecule has 0 saturated heterocycles. The number of aryl methyl sites for hydroxylation is 1. The lowest BCUT2D eigenvalue weighted by molar-refractivity contribution is -0.127. The van der Waals surface area contributed by atoms with E-state index >= 15 is 0 Å². The lowest BCUT2D eigenvalue weighted by Gasteiger charge is -2.19. The molecule has 0 radical (unpaired) electrons. The van der Waals surface area contributed by atoms with Gasteiger partial charge < -0.3 is 10.6 Å². The van der Waals surface area contributed by atoms with E-state index in [2.05, 4.69) is 31.4 Å². The summed E-state index contributed by atoms with van der Waals surface area (Å²) in [6.07, 6.45) is 2.21. The van der Waals surface area contributed by atoms with Gasteiger partial charge in [0.25, 0.3) is 0 Å². The molecule has 0 bridgehead atoms. The van der Waals surface area contributed by atoms with E-state index in [4.69, 9.17) is 5.10 Å². The Labute approximate surface area is 195 Å². The average molecular weight is 445 g/mol. The van der Waals surface area contributed by atoms with Crippen molar-refractivity contribution in [2.75, 3.05) is 5.32 Å². The maximum Gasteiger partial charge on any atom is 0.248 e. The number of nitrogens with zero attached hydrogens (tertiary/aromatic N) is 2. The number of carbonyl (C=O) groups excluding carboxylic acids is 2. The maximum atomic E-state index is 13.5. The van der Waals surface area contributed by atoms with Crippen LogP contribution in [0.2, 0.25) is 0 Å². The summed E-state index contributed by atoms with van der Waals surface area (Å²) in [5, 5.41) is 10.9. The van der Waals surface area contributed by atoms with E-state index in [1.54, 1.807) is 4.68 Å². The fraction of sp³-hybridized carbons (Fsp3) is 0.370. The lowest BCUT2D eigenvalue weighted by Crippen LogP contribution is -2.46. The van der Waals surface area contributed by atoms with E-state index in [1.165, 1.54) is 0 Å². The second-order valence-electron chi connectivity index (χ2n) is 9.88. The predicted molar refractivity (Wildman–Crippen MR) is 130 cm³/mol. The van der Waals surface area contributed by atoms with Gasteiger partial charge in [-0.15, -0.1) is 0 Å². The van der Waals surface area contributed by atoms with Crippen molar-refractivity contribution < 1.29 is 9.59 Å². The molecule has 2 aromatic carbocycles. The molecule has 33 heavy (non-hydrogen) atoms. The highest BCUT2D eigenvalue weighted by atomic mass is 16.2. The zero-order valence-electron chi connectivity index (χ0n) is 19.8. The molecule has 1 saturated carbocycles. The van der Waals surface area contributed by atoms with Crippen molar-refractivity contribution >= 4 is 17.6 Å². The van der Waals surface area contributed by atoms with Crippen molar-refractivity contribution in [3.05, 3.63) is 77.5 Å². The third-order valence-corrected chi connectivity index (χ3v) is 5.94. The van der Waals surface area contributed by atoms with Crippen LogP contribution >= 0.6 is 0 Å². The van der Waals surface area contributed by atoms with Crippen LogP contribution in [0.5, 0.6) is 0 Å². The van der Waals surface area contributed by atoms with Crippen molar-refractivity contribution in [1.82, 2.24) is 15.1 Å². The number of rotatable bonds is 7. The first-order valence-corrected chi connectivity index (χ1v) is 11.5. The van der Waals surface area contributed by atoms with Gasteiger partial charge in [0.2, 0.25) is 11.8 Å². The molecule has 3 aromatic rings. The molecule has 1 aliphatic carbocycles. The fourth-order valence-corrected chi connectivity index (χ4v) is 3.73. The molecule has 4 rings (SSSR count). The van der Waals surface area contributed by atoms with Crippen LogP contribution in [0.3, 0.4) is 0 Å². The second kappa shape index (κ2) is 9.22. The van der Waals surface area contributed by atoms with Gasteiger partial charge in [0.15, 0.2) is 0 Å². The summed E-state index contributed by atoms with van der Waals surface area (Å²) in [7, 11) is 0. The van der Waals surface area contributed by atoms with Gasteiger partial charge in [-0.2, -0.15) is 5.10 Å². The zero-order valence-corrected chi connectivity index (χ0v) is 19.8. The Morgan fingerprint density at radius 3 is 2.36 bits per heavy atom. The molecular formula is C27H32N4O2. The molecule has 2 amide bonds. The van der Waals surface area contributed by atoms with Gasteiger partial charge in [-0.05, 0) is 37.0 Å². The SMILES string of the molecule is Cc1ccccc1-n1nc(C(C)(C)C)cc1NC(=O)C(Cc1ccccc1)NC(=O)C1CC1. The smallest absolute Gasteiger partial charge is 0.248 e. The van der Waals surface area contributed by atoms with E-state index in [1.807, 2.05) is 67.6 Å². The molecule has 1 fully saturated rings. The highest BCUT2D eigenvalue weighted by Gasteiger charge is 2.33. The standard InChI is InChI=1S/C27H32N4O2/c1-18-10-8-9-13-22(18)31-24(17-23(30-31)27(2,3)4)29-26(33)21(28-25(32)20-14-15-20)16-19-11-6-5-7-12-19/h5-13,17,20-21H,14-16H2,1-4H3,(H,28,32)(H,29,33). The number of anilines is 1. The Bertz CT molecular complexity index is 1140. The zero-order chi connectivity index (χ0) is 23.6. The molecule has 1 aromatic heterocycles. The molecule has 172 valence electrons. The van der Waals surface area contributed by atoms with Crippen molar-refractivity contribution in [3.8, 4) is 5.69 Å². The monoisotopic (exact) mass is 444 g/mol. The Morgan fingerprint density at radius 1 is 1.06 bits per heavy atom. The van der Waals surface area contributed by atoms with Crippen LogP contribution < -0.4 is 10.6 Å². The molecule has 0 aliphatic heterocycles. The Balaban J connectivity index is 1.64. The summed E-state index contributed by atoms with van der Waals surface area (Å²) < 4.78 is 1.79. The topological polar surface area (TPSA) is 76.0 Å². The number of amides is 2. The van der Waals surface area contributed by atoms with Crippen LogP contribution in [0.4, 0.5) is 5.82 Å². The molecule has 6 heteroatoms. The number of nitrogens with one attached hydrogen (secondary N) is 2. The van der Waals surface area contributed by atoms with Crippen molar-refractivity contribution in [2.24, 2.45) is 5.92 Å². The molecule has 1 unspecified atom stereocenters. The first-order valence-electron chi connectivity index (χ1n) is 11.5. The summed E-state index contributed by atoms with van der Waals surface area (Å²) in [6.45, 7) is 8.30. The van der Waals surface area contributed by atoms with Gasteiger partial charge >= 0.3 is 0 Å². The minimum Gasteiger partial charge on any atom is -0.344 e. The molecule has 0 spiro atoms. The number of carbonyl (C=O) groups is 2. The fourth-order valence-electron chi connectivity index (χ4n) is 3.73. The summed E-state index contributed by atoms with van der Waals surface area (Å²) in [5.41, 5.74) is 3.65. The minimum absolute atomic E-state index is 0.0288. The molecular weight excluding hydrogens is 412 g/mol. The van der Waals surface area contributed by atoms with Gasteiger partial charge in [-0.25, -0.2) is 4.68 Å². The van der Waals surface area contributed by atoms with Gasteiger partial charge in [0.05, 0.1) is 11.4 Å². The summed E-state index contributed by atoms with van der Waals surface area (Å²) in [5.74, 6) is 0.330. The van der Waals surface area contributed by atoms with Crippen molar-refractivity contribution in [3.63, 3.8) is 0 Å². The third kappa shape index (κ3) is 5.51. The van der Waals surface area contributed by atoms with E-state index in [0.717, 1.165) is 35.3 Å². The van der Waals surface area contributed by atoms with Gasteiger partial charge in [0, 0.05) is 23.8 Å². The number of aromatic nitrogens is 2. The predicted octanol–water partition coefficient (Wildman–Crippen LogP) is 4.55. The molecule has 1 aliphatic rings. The first-order chi connectivity index (χ1) is 15.7. The minimum atomic E-state index is -0.668. The van der Waals surface area contributed by atoms with Crippen LogP contribution in [0, 0.1) is 12.8 Å². The van der Waals surface area contributed by atoms with Gasteiger partial charge in [-0.1, -0.05) is 69.3 Å². The summed E-state index contributed by atoms with van der Waals surface area (Å²) in [4.78, 5) is 26.0. The third-order valence-electron chi connectivity index (χ3n) is 5.94. The van der Waals surface area contributed by atoms with Gasteiger partial charge in [-0.3, -0.25) is 9.59 Å². The Hall–Kier alpha value is -3.41. The summed E-state index contributed by atoms with van der Waals surface area (Å²) >= 11 is 0. The second-order valence-corrected chi connectivity index (χ2v) is 9.88. The quantitative estimate of drug-likeness (QED) is 0.561. The van der Waals surface area contributed by atoms with Crippen LogP contribution in [-0.2, 0) is 21.4 Å². The normalized spacial score (nSPS) is 14.5.